The molecule has 2 aromatic rings. The van der Waals surface area contributed by atoms with Gasteiger partial charge in [0.05, 0.1) is 17.8 Å². The van der Waals surface area contributed by atoms with Crippen molar-refractivity contribution < 1.29 is 9.53 Å². The van der Waals surface area contributed by atoms with Crippen LogP contribution < -0.4 is 5.32 Å². The molecule has 1 fully saturated rings. The number of hydrogen-bond donors (Lipinski definition) is 1. The third-order valence-electron chi connectivity index (χ3n) is 4.20. The van der Waals surface area contributed by atoms with Crippen LogP contribution >= 0.6 is 0 Å². The minimum absolute atomic E-state index is 0.0496. The van der Waals surface area contributed by atoms with Crippen LogP contribution in [0, 0.1) is 6.92 Å². The predicted octanol–water partition coefficient (Wildman–Crippen LogP) is 2.07. The Morgan fingerprint density at radius 2 is 2.33 bits per heavy atom. The van der Waals surface area contributed by atoms with Crippen molar-refractivity contribution in [3.05, 3.63) is 29.5 Å². The number of amides is 1. The Kier molecular flexibility index (Phi) is 3.45. The Bertz CT molecular complexity index is 684. The van der Waals surface area contributed by atoms with Gasteiger partial charge in [0.2, 0.25) is 0 Å². The molecule has 0 spiro atoms. The van der Waals surface area contributed by atoms with Crippen LogP contribution in [-0.2, 0) is 23.1 Å². The molecule has 0 bridgehead atoms. The van der Waals surface area contributed by atoms with Crippen LogP contribution in [0.5, 0.6) is 0 Å². The van der Waals surface area contributed by atoms with Crippen molar-refractivity contribution in [2.75, 3.05) is 6.61 Å². The molecule has 1 amide bonds. The summed E-state index contributed by atoms with van der Waals surface area (Å²) in [7, 11) is 1.92. The first-order chi connectivity index (χ1) is 9.99. The van der Waals surface area contributed by atoms with Crippen molar-refractivity contribution in [3.63, 3.8) is 0 Å². The molecular formula is C16H21N3O2. The van der Waals surface area contributed by atoms with Crippen LogP contribution in [0.1, 0.15) is 31.0 Å². The van der Waals surface area contributed by atoms with Crippen molar-refractivity contribution >= 4 is 16.8 Å². The molecule has 112 valence electrons. The number of carbonyl (C=O) groups is 1. The van der Waals surface area contributed by atoms with Gasteiger partial charge in [-0.25, -0.2) is 0 Å². The summed E-state index contributed by atoms with van der Waals surface area (Å²) in [6.07, 6.45) is 1.72. The van der Waals surface area contributed by atoms with E-state index in [4.69, 9.17) is 4.74 Å². The van der Waals surface area contributed by atoms with Gasteiger partial charge in [-0.15, -0.1) is 0 Å². The number of aromatic nitrogens is 2. The van der Waals surface area contributed by atoms with Crippen molar-refractivity contribution in [1.82, 2.24) is 15.1 Å². The summed E-state index contributed by atoms with van der Waals surface area (Å²) in [5, 5.41) is 8.57. The normalized spacial score (nSPS) is 21.9. The molecule has 2 heterocycles. The van der Waals surface area contributed by atoms with Crippen molar-refractivity contribution in [2.45, 2.75) is 38.8 Å². The van der Waals surface area contributed by atoms with Crippen LogP contribution in [0.25, 0.3) is 10.9 Å². The van der Waals surface area contributed by atoms with Crippen molar-refractivity contribution in [3.8, 4) is 0 Å². The summed E-state index contributed by atoms with van der Waals surface area (Å²) in [6, 6.07) is 6.24. The number of benzene rings is 1. The molecule has 1 saturated heterocycles. The van der Waals surface area contributed by atoms with Crippen LogP contribution in [0.15, 0.2) is 18.2 Å². The van der Waals surface area contributed by atoms with Gasteiger partial charge in [0.25, 0.3) is 5.91 Å². The summed E-state index contributed by atoms with van der Waals surface area (Å²) in [5.74, 6) is -0.0496. The van der Waals surface area contributed by atoms with E-state index < -0.39 is 5.60 Å². The number of ether oxygens (including phenoxy) is 1. The van der Waals surface area contributed by atoms with Crippen LogP contribution in [0.3, 0.4) is 0 Å². The average molecular weight is 287 g/mol. The standard InChI is InChI=1S/C16H21N3O2/c1-11-5-6-14-12(9-11)13(18-19(14)3)10-17-15(20)16(2)7-4-8-21-16/h5-6,9H,4,7-8,10H2,1-3H3,(H,17,20)/t16-/m1/s1. The maximum absolute atomic E-state index is 12.3. The maximum atomic E-state index is 12.3. The van der Waals surface area contributed by atoms with Crippen LogP contribution in [0.4, 0.5) is 0 Å². The summed E-state index contributed by atoms with van der Waals surface area (Å²) in [5.41, 5.74) is 2.48. The number of aryl methyl sites for hydroxylation is 2. The fourth-order valence-electron chi connectivity index (χ4n) is 2.89. The smallest absolute Gasteiger partial charge is 0.252 e. The third kappa shape index (κ3) is 2.53. The highest BCUT2D eigenvalue weighted by atomic mass is 16.5. The second-order valence-corrected chi connectivity index (χ2v) is 5.96. The highest BCUT2D eigenvalue weighted by Crippen LogP contribution is 2.25. The Morgan fingerprint density at radius 1 is 1.52 bits per heavy atom. The van der Waals surface area contributed by atoms with Gasteiger partial charge in [0, 0.05) is 19.0 Å². The lowest BCUT2D eigenvalue weighted by molar-refractivity contribution is -0.139. The Balaban J connectivity index is 1.79. The lowest BCUT2D eigenvalue weighted by Crippen LogP contribution is -2.43. The Hall–Kier alpha value is -1.88. The van der Waals surface area contributed by atoms with E-state index >= 15 is 0 Å². The predicted molar refractivity (Wildman–Crippen MR) is 80.9 cm³/mol. The molecule has 0 unspecified atom stereocenters. The molecule has 1 aliphatic heterocycles. The quantitative estimate of drug-likeness (QED) is 0.940. The van der Waals surface area contributed by atoms with Gasteiger partial charge in [-0.05, 0) is 38.8 Å². The zero-order valence-corrected chi connectivity index (χ0v) is 12.8. The number of nitrogens with one attached hydrogen (secondary N) is 1. The number of hydrogen-bond acceptors (Lipinski definition) is 3. The molecule has 5 heteroatoms. The van der Waals surface area contributed by atoms with Crippen LogP contribution in [-0.4, -0.2) is 27.9 Å². The summed E-state index contributed by atoms with van der Waals surface area (Å²) >= 11 is 0. The average Bonchev–Trinajstić information content (AvgIpc) is 3.02. The second kappa shape index (κ2) is 5.15. The SMILES string of the molecule is Cc1ccc2c(c1)c(CNC(=O)[C@@]1(C)CCCO1)nn2C. The number of carbonyl (C=O) groups excluding carboxylic acids is 1. The summed E-state index contributed by atoms with van der Waals surface area (Å²) < 4.78 is 7.42. The molecule has 1 atom stereocenters. The van der Waals surface area contributed by atoms with E-state index in [2.05, 4.69) is 35.5 Å². The highest BCUT2D eigenvalue weighted by Gasteiger charge is 2.37. The van der Waals surface area contributed by atoms with Crippen molar-refractivity contribution in [2.24, 2.45) is 7.05 Å². The van der Waals surface area contributed by atoms with E-state index in [1.165, 1.54) is 5.56 Å². The summed E-state index contributed by atoms with van der Waals surface area (Å²) in [4.78, 5) is 12.3. The molecular weight excluding hydrogens is 266 g/mol. The van der Waals surface area contributed by atoms with E-state index in [9.17, 15) is 4.79 Å². The van der Waals surface area contributed by atoms with E-state index in [1.54, 1.807) is 0 Å². The maximum Gasteiger partial charge on any atom is 0.252 e. The molecule has 0 radical (unpaired) electrons. The minimum atomic E-state index is -0.680. The van der Waals surface area contributed by atoms with Crippen LogP contribution in [0.2, 0.25) is 0 Å². The zero-order chi connectivity index (χ0) is 15.0. The van der Waals surface area contributed by atoms with E-state index in [1.807, 2.05) is 18.7 Å². The highest BCUT2D eigenvalue weighted by molar-refractivity contribution is 5.86. The molecule has 0 aliphatic carbocycles. The molecule has 1 N–H and O–H groups in total. The molecule has 1 aliphatic rings. The summed E-state index contributed by atoms with van der Waals surface area (Å²) in [6.45, 7) is 5.01. The van der Waals surface area contributed by atoms with E-state index in [-0.39, 0.29) is 5.91 Å². The molecule has 5 nitrogen and oxygen atoms in total. The largest absolute Gasteiger partial charge is 0.365 e. The molecule has 3 rings (SSSR count). The Morgan fingerprint density at radius 3 is 3.05 bits per heavy atom. The van der Waals surface area contributed by atoms with E-state index in [0.29, 0.717) is 13.2 Å². The first kappa shape index (κ1) is 14.1. The first-order valence-corrected chi connectivity index (χ1v) is 7.34. The van der Waals surface area contributed by atoms with Gasteiger partial charge in [0.1, 0.15) is 5.60 Å². The van der Waals surface area contributed by atoms with Gasteiger partial charge in [-0.3, -0.25) is 9.48 Å². The number of nitrogens with zero attached hydrogens (tertiary/aromatic N) is 2. The van der Waals surface area contributed by atoms with E-state index in [0.717, 1.165) is 29.4 Å². The van der Waals surface area contributed by atoms with Crippen molar-refractivity contribution in [1.29, 1.82) is 0 Å². The molecule has 21 heavy (non-hydrogen) atoms. The lowest BCUT2D eigenvalue weighted by Gasteiger charge is -2.21. The number of fused-ring (bicyclic) bond motifs is 1. The lowest BCUT2D eigenvalue weighted by atomic mass is 10.0. The topological polar surface area (TPSA) is 56.1 Å². The first-order valence-electron chi connectivity index (χ1n) is 7.34. The van der Waals surface area contributed by atoms with Gasteiger partial charge < -0.3 is 10.1 Å². The minimum Gasteiger partial charge on any atom is -0.365 e. The van der Waals surface area contributed by atoms with Gasteiger partial charge >= 0.3 is 0 Å². The molecule has 0 saturated carbocycles. The Labute approximate surface area is 124 Å². The molecule has 1 aromatic heterocycles. The number of rotatable bonds is 3. The van der Waals surface area contributed by atoms with Gasteiger partial charge in [-0.2, -0.15) is 5.10 Å². The molecule has 1 aromatic carbocycles. The fourth-order valence-corrected chi connectivity index (χ4v) is 2.89. The fraction of sp³-hybridized carbons (Fsp3) is 0.500. The van der Waals surface area contributed by atoms with Gasteiger partial charge in [0.15, 0.2) is 0 Å². The van der Waals surface area contributed by atoms with Gasteiger partial charge in [-0.1, -0.05) is 11.6 Å². The monoisotopic (exact) mass is 287 g/mol. The third-order valence-corrected chi connectivity index (χ3v) is 4.20. The zero-order valence-electron chi connectivity index (χ0n) is 12.8. The second-order valence-electron chi connectivity index (χ2n) is 5.96.